The van der Waals surface area contributed by atoms with Gasteiger partial charge >= 0.3 is 0 Å². The number of rotatable bonds is 6. The van der Waals surface area contributed by atoms with Gasteiger partial charge in [0.1, 0.15) is 11.6 Å². The molecule has 9 nitrogen and oxygen atoms in total. The second-order valence-corrected chi connectivity index (χ2v) is 11.2. The maximum atomic E-state index is 17.2. The molecule has 0 aliphatic carbocycles. The topological polar surface area (TPSA) is 114 Å². The quantitative estimate of drug-likeness (QED) is 0.281. The third kappa shape index (κ3) is 5.31. The van der Waals surface area contributed by atoms with E-state index in [-0.39, 0.29) is 29.5 Å². The van der Waals surface area contributed by atoms with Crippen LogP contribution in [-0.4, -0.2) is 70.5 Å². The Kier molecular flexibility index (Phi) is 8.41. The molecule has 3 atom stereocenters. The smallest absolute Gasteiger partial charge is 0.246 e. The Morgan fingerprint density at radius 3 is 2.70 bits per heavy atom. The molecule has 0 spiro atoms. The van der Waals surface area contributed by atoms with E-state index in [0.717, 1.165) is 5.56 Å². The van der Waals surface area contributed by atoms with Gasteiger partial charge in [0.15, 0.2) is 5.82 Å². The number of nitrogens with one attached hydrogen (secondary N) is 3. The molecule has 5 rings (SSSR count). The number of aliphatic hydroxyl groups is 1. The molecule has 4 N–H and O–H groups in total. The second-order valence-electron chi connectivity index (χ2n) is 11.2. The van der Waals surface area contributed by atoms with E-state index in [2.05, 4.69) is 22.2 Å². The van der Waals surface area contributed by atoms with E-state index in [0.29, 0.717) is 71.1 Å². The molecule has 10 heteroatoms. The lowest BCUT2D eigenvalue weighted by Gasteiger charge is -2.48. The minimum atomic E-state index is -0.913. The molecule has 0 radical (unpaired) electrons. The van der Waals surface area contributed by atoms with Crippen molar-refractivity contribution in [3.8, 4) is 16.9 Å². The molecule has 2 aliphatic rings. The zero-order valence-electron chi connectivity index (χ0n) is 25.3. The molecule has 3 unspecified atom stereocenters. The van der Waals surface area contributed by atoms with E-state index in [1.807, 2.05) is 43.9 Å². The zero-order chi connectivity index (χ0) is 31.0. The van der Waals surface area contributed by atoms with Gasteiger partial charge in [-0.05, 0) is 63.5 Å². The molecule has 1 fully saturated rings. The number of carbonyl (C=O) groups excluding carboxylic acids is 1. The van der Waals surface area contributed by atoms with Crippen molar-refractivity contribution in [2.45, 2.75) is 52.3 Å². The number of hydrogen-bond donors (Lipinski definition) is 4. The monoisotopic (exact) mass is 586 g/mol. The first-order valence-electron chi connectivity index (χ1n) is 14.5. The summed E-state index contributed by atoms with van der Waals surface area (Å²) in [6.07, 6.45) is 2.69. The van der Waals surface area contributed by atoms with Crippen LogP contribution in [0.3, 0.4) is 0 Å². The summed E-state index contributed by atoms with van der Waals surface area (Å²) in [6.45, 7) is 12.4. The van der Waals surface area contributed by atoms with Crippen LogP contribution in [-0.2, 0) is 4.79 Å². The Bertz CT molecular complexity index is 1590. The van der Waals surface area contributed by atoms with Crippen LogP contribution in [0.4, 0.5) is 21.5 Å². The fourth-order valence-corrected chi connectivity index (χ4v) is 6.39. The van der Waals surface area contributed by atoms with E-state index in [4.69, 9.17) is 4.74 Å². The summed E-state index contributed by atoms with van der Waals surface area (Å²) in [5.74, 6) is -0.00828. The molecular weight excluding hydrogens is 547 g/mol. The summed E-state index contributed by atoms with van der Waals surface area (Å²) >= 11 is 0. The van der Waals surface area contributed by atoms with Gasteiger partial charge < -0.3 is 30.3 Å². The first kappa shape index (κ1) is 30.0. The Labute approximate surface area is 251 Å². The number of hydrogen-bond acceptors (Lipinski definition) is 7. The van der Waals surface area contributed by atoms with Gasteiger partial charge in [0, 0.05) is 43.0 Å². The molecule has 3 aromatic rings. The SMILES string of the molecule is C=CC(=O)N1CC(C)N2C(=N)c3c(c(C)c(-c4ccccc4OC)c(F)c3Nc3c(C)ccnc3C(C)O)NCCC2C1. The largest absolute Gasteiger partial charge is 0.496 e. The predicted octanol–water partition coefficient (Wildman–Crippen LogP) is 5.54. The summed E-state index contributed by atoms with van der Waals surface area (Å²) in [5.41, 5.74) is 4.35. The number of amidine groups is 1. The molecule has 1 aromatic heterocycles. The van der Waals surface area contributed by atoms with Gasteiger partial charge in [-0.1, -0.05) is 24.8 Å². The van der Waals surface area contributed by atoms with Crippen LogP contribution in [0.15, 0.2) is 49.2 Å². The van der Waals surface area contributed by atoms with Crippen molar-refractivity contribution in [2.75, 3.05) is 37.4 Å². The molecule has 0 bridgehead atoms. The average molecular weight is 587 g/mol. The highest BCUT2D eigenvalue weighted by Gasteiger charge is 2.39. The maximum absolute atomic E-state index is 17.2. The van der Waals surface area contributed by atoms with Crippen LogP contribution < -0.4 is 15.4 Å². The lowest BCUT2D eigenvalue weighted by Crippen LogP contribution is -2.61. The van der Waals surface area contributed by atoms with Gasteiger partial charge in [-0.25, -0.2) is 4.39 Å². The number of carbonyl (C=O) groups is 1. The number of aromatic nitrogens is 1. The normalized spacial score (nSPS) is 18.9. The van der Waals surface area contributed by atoms with Crippen LogP contribution in [0.5, 0.6) is 5.75 Å². The van der Waals surface area contributed by atoms with Crippen molar-refractivity contribution >= 4 is 28.8 Å². The average Bonchev–Trinajstić information content (AvgIpc) is 2.98. The number of benzene rings is 2. The number of methoxy groups -OCH3 is 1. The summed E-state index contributed by atoms with van der Waals surface area (Å²) in [4.78, 5) is 20.7. The molecule has 2 aromatic carbocycles. The fourth-order valence-electron chi connectivity index (χ4n) is 6.39. The summed E-state index contributed by atoms with van der Waals surface area (Å²) in [5, 5.41) is 27.0. The highest BCUT2D eigenvalue weighted by molar-refractivity contribution is 6.10. The van der Waals surface area contributed by atoms with Gasteiger partial charge in [0.05, 0.1) is 47.6 Å². The molecule has 43 heavy (non-hydrogen) atoms. The number of aryl methyl sites for hydroxylation is 1. The van der Waals surface area contributed by atoms with Crippen molar-refractivity contribution < 1.29 is 19.0 Å². The Morgan fingerprint density at radius 2 is 2.00 bits per heavy atom. The predicted molar refractivity (Wildman–Crippen MR) is 168 cm³/mol. The lowest BCUT2D eigenvalue weighted by molar-refractivity contribution is -0.129. The molecule has 1 amide bonds. The van der Waals surface area contributed by atoms with E-state index < -0.39 is 11.9 Å². The third-order valence-corrected chi connectivity index (χ3v) is 8.44. The number of nitrogens with zero attached hydrogens (tertiary/aromatic N) is 3. The number of halogens is 1. The zero-order valence-corrected chi connectivity index (χ0v) is 25.3. The van der Waals surface area contributed by atoms with E-state index in [1.165, 1.54) is 6.08 Å². The second kappa shape index (κ2) is 12.0. The van der Waals surface area contributed by atoms with E-state index in [1.54, 1.807) is 37.3 Å². The highest BCUT2D eigenvalue weighted by Crippen LogP contribution is 2.46. The first-order chi connectivity index (χ1) is 20.6. The number of amides is 1. The van der Waals surface area contributed by atoms with Crippen molar-refractivity contribution in [3.63, 3.8) is 0 Å². The van der Waals surface area contributed by atoms with Crippen LogP contribution in [0.25, 0.3) is 11.1 Å². The van der Waals surface area contributed by atoms with Gasteiger partial charge in [-0.2, -0.15) is 0 Å². The van der Waals surface area contributed by atoms with Gasteiger partial charge in [-0.15, -0.1) is 0 Å². The minimum Gasteiger partial charge on any atom is -0.496 e. The van der Waals surface area contributed by atoms with Crippen molar-refractivity contribution in [1.29, 1.82) is 5.41 Å². The molecule has 2 aliphatic heterocycles. The summed E-state index contributed by atoms with van der Waals surface area (Å²) < 4.78 is 22.8. The Hall–Kier alpha value is -4.44. The number of fused-ring (bicyclic) bond motifs is 2. The maximum Gasteiger partial charge on any atom is 0.246 e. The number of pyridine rings is 1. The highest BCUT2D eigenvalue weighted by atomic mass is 19.1. The van der Waals surface area contributed by atoms with Crippen LogP contribution in [0.2, 0.25) is 0 Å². The van der Waals surface area contributed by atoms with Crippen LogP contribution in [0.1, 0.15) is 48.8 Å². The summed E-state index contributed by atoms with van der Waals surface area (Å²) in [7, 11) is 1.55. The van der Waals surface area contributed by atoms with Gasteiger partial charge in [0.2, 0.25) is 5.91 Å². The molecule has 226 valence electrons. The minimum absolute atomic E-state index is 0.106. The van der Waals surface area contributed by atoms with E-state index in [9.17, 15) is 15.3 Å². The van der Waals surface area contributed by atoms with Crippen LogP contribution >= 0.6 is 0 Å². The molecule has 3 heterocycles. The van der Waals surface area contributed by atoms with Crippen molar-refractivity contribution in [3.05, 3.63) is 77.4 Å². The molecular formula is C33H39FN6O3. The Balaban J connectivity index is 1.76. The van der Waals surface area contributed by atoms with E-state index >= 15 is 4.39 Å². The number of ether oxygens (including phenoxy) is 1. The molecule has 0 saturated carbocycles. The number of piperazine rings is 1. The number of anilines is 3. The molecule has 1 saturated heterocycles. The number of para-hydroxylation sites is 1. The van der Waals surface area contributed by atoms with Crippen LogP contribution in [0, 0.1) is 25.1 Å². The van der Waals surface area contributed by atoms with Gasteiger partial charge in [0.25, 0.3) is 0 Å². The standard InChI is InChI=1S/C33H39FN6O3/c1-7-25(42)39-16-19(3)40-22(17-39)13-15-36-30-20(4)26(23-10-8-9-11-24(23)43-6)28(34)32(27(30)33(40)35)38-29-18(2)12-14-37-31(29)21(5)41/h7-12,14,19,21-22,35-36,38,41H,1,13,15-17H2,2-6H3. The third-order valence-electron chi connectivity index (χ3n) is 8.44. The first-order valence-corrected chi connectivity index (χ1v) is 14.5. The lowest BCUT2D eigenvalue weighted by atomic mass is 9.90. The Morgan fingerprint density at radius 1 is 1.26 bits per heavy atom. The van der Waals surface area contributed by atoms with Crippen molar-refractivity contribution in [2.24, 2.45) is 0 Å². The number of aliphatic hydroxyl groups excluding tert-OH is 1. The van der Waals surface area contributed by atoms with Crippen molar-refractivity contribution in [1.82, 2.24) is 14.8 Å². The summed E-state index contributed by atoms with van der Waals surface area (Å²) in [6, 6.07) is 8.73. The fraction of sp³-hybridized carbons (Fsp3) is 0.364. The van der Waals surface area contributed by atoms with Gasteiger partial charge in [-0.3, -0.25) is 15.2 Å².